The third-order valence-electron chi connectivity index (χ3n) is 2.36. The standard InChI is InChI=1S/C15H19N3O4/c1-15(2,3)22-14(19)17-9-5-4-6-11-10-12(16)7-8-13(11)18(20)21/h7-8,10H,5,9,16H2,1-3H3,(H,17,19). The van der Waals surface area contributed by atoms with Crippen LogP contribution in [0, 0.1) is 22.0 Å². The van der Waals surface area contributed by atoms with Gasteiger partial charge in [-0.25, -0.2) is 4.79 Å². The van der Waals surface area contributed by atoms with E-state index in [9.17, 15) is 14.9 Å². The number of nitrogens with zero attached hydrogens (tertiary/aromatic N) is 1. The van der Waals surface area contributed by atoms with Crippen LogP contribution in [0.15, 0.2) is 18.2 Å². The summed E-state index contributed by atoms with van der Waals surface area (Å²) < 4.78 is 5.06. The van der Waals surface area contributed by atoms with Gasteiger partial charge in [0.2, 0.25) is 0 Å². The molecular weight excluding hydrogens is 286 g/mol. The third kappa shape index (κ3) is 6.13. The lowest BCUT2D eigenvalue weighted by Crippen LogP contribution is -2.32. The first-order chi connectivity index (χ1) is 10.2. The van der Waals surface area contributed by atoms with Crippen LogP contribution in [0.25, 0.3) is 0 Å². The molecule has 3 N–H and O–H groups in total. The molecule has 1 aromatic carbocycles. The summed E-state index contributed by atoms with van der Waals surface area (Å²) in [6.45, 7) is 5.60. The lowest BCUT2D eigenvalue weighted by atomic mass is 10.1. The summed E-state index contributed by atoms with van der Waals surface area (Å²) in [6, 6.07) is 4.22. The summed E-state index contributed by atoms with van der Waals surface area (Å²) in [4.78, 5) is 21.7. The van der Waals surface area contributed by atoms with Gasteiger partial charge >= 0.3 is 6.09 Å². The van der Waals surface area contributed by atoms with Crippen molar-refractivity contribution in [3.8, 4) is 11.8 Å². The van der Waals surface area contributed by atoms with Crippen LogP contribution in [0.4, 0.5) is 16.2 Å². The number of nitrogens with two attached hydrogens (primary N) is 1. The Morgan fingerprint density at radius 1 is 1.45 bits per heavy atom. The molecule has 22 heavy (non-hydrogen) atoms. The summed E-state index contributed by atoms with van der Waals surface area (Å²) in [7, 11) is 0. The van der Waals surface area contributed by atoms with Crippen molar-refractivity contribution < 1.29 is 14.5 Å². The molecule has 0 aromatic heterocycles. The van der Waals surface area contributed by atoms with Crippen molar-refractivity contribution in [3.05, 3.63) is 33.9 Å². The van der Waals surface area contributed by atoms with E-state index in [1.165, 1.54) is 18.2 Å². The second kappa shape index (κ2) is 7.31. The number of carbonyl (C=O) groups excluding carboxylic acids is 1. The molecule has 0 saturated heterocycles. The number of nitrogen functional groups attached to an aromatic ring is 1. The molecule has 0 saturated carbocycles. The molecule has 0 aliphatic heterocycles. The number of rotatable bonds is 3. The van der Waals surface area contributed by atoms with Crippen LogP contribution < -0.4 is 11.1 Å². The van der Waals surface area contributed by atoms with E-state index in [1.807, 2.05) is 0 Å². The minimum Gasteiger partial charge on any atom is -0.444 e. The van der Waals surface area contributed by atoms with Crippen molar-refractivity contribution in [1.82, 2.24) is 5.32 Å². The van der Waals surface area contributed by atoms with Crippen molar-refractivity contribution >= 4 is 17.5 Å². The Morgan fingerprint density at radius 2 is 2.14 bits per heavy atom. The molecule has 7 nitrogen and oxygen atoms in total. The van der Waals surface area contributed by atoms with Crippen molar-refractivity contribution in [2.75, 3.05) is 12.3 Å². The van der Waals surface area contributed by atoms with Crippen LogP contribution in [0.1, 0.15) is 32.8 Å². The van der Waals surface area contributed by atoms with E-state index < -0.39 is 16.6 Å². The number of amides is 1. The second-order valence-corrected chi connectivity index (χ2v) is 5.51. The highest BCUT2D eigenvalue weighted by molar-refractivity contribution is 5.67. The Bertz CT molecular complexity index is 624. The number of hydrogen-bond acceptors (Lipinski definition) is 5. The lowest BCUT2D eigenvalue weighted by molar-refractivity contribution is -0.385. The molecule has 0 fully saturated rings. The highest BCUT2D eigenvalue weighted by atomic mass is 16.6. The van der Waals surface area contributed by atoms with Crippen LogP contribution >= 0.6 is 0 Å². The van der Waals surface area contributed by atoms with Crippen LogP contribution in [0.2, 0.25) is 0 Å². The van der Waals surface area contributed by atoms with Gasteiger partial charge in [0.05, 0.1) is 4.92 Å². The van der Waals surface area contributed by atoms with E-state index in [1.54, 1.807) is 20.8 Å². The van der Waals surface area contributed by atoms with Gasteiger partial charge in [-0.2, -0.15) is 0 Å². The first-order valence-corrected chi connectivity index (χ1v) is 6.68. The number of carbonyl (C=O) groups is 1. The normalized spacial score (nSPS) is 10.3. The summed E-state index contributed by atoms with van der Waals surface area (Å²) in [6.07, 6.45) is -0.185. The lowest BCUT2D eigenvalue weighted by Gasteiger charge is -2.19. The molecule has 1 aromatic rings. The maximum absolute atomic E-state index is 11.4. The van der Waals surface area contributed by atoms with Gasteiger partial charge in [-0.05, 0) is 32.9 Å². The van der Waals surface area contributed by atoms with E-state index in [-0.39, 0.29) is 17.8 Å². The minimum atomic E-state index is -0.558. The largest absolute Gasteiger partial charge is 0.444 e. The topological polar surface area (TPSA) is 107 Å². The number of alkyl carbamates (subject to hydrolysis) is 1. The van der Waals surface area contributed by atoms with Gasteiger partial charge in [-0.1, -0.05) is 11.8 Å². The van der Waals surface area contributed by atoms with Crippen LogP contribution in [-0.4, -0.2) is 23.2 Å². The number of anilines is 1. The first-order valence-electron chi connectivity index (χ1n) is 6.68. The van der Waals surface area contributed by atoms with Crippen molar-refractivity contribution in [2.24, 2.45) is 0 Å². The van der Waals surface area contributed by atoms with E-state index in [0.717, 1.165) is 0 Å². The van der Waals surface area contributed by atoms with Gasteiger partial charge in [-0.3, -0.25) is 10.1 Å². The van der Waals surface area contributed by atoms with E-state index in [2.05, 4.69) is 17.2 Å². The molecule has 1 rings (SSSR count). The predicted octanol–water partition coefficient (Wildman–Crippen LogP) is 2.44. The van der Waals surface area contributed by atoms with Gasteiger partial charge in [0, 0.05) is 24.7 Å². The average molecular weight is 305 g/mol. The summed E-state index contributed by atoms with van der Waals surface area (Å²) >= 11 is 0. The maximum Gasteiger partial charge on any atom is 0.407 e. The first kappa shape index (κ1) is 17.3. The molecule has 0 radical (unpaired) electrons. The van der Waals surface area contributed by atoms with Crippen molar-refractivity contribution in [1.29, 1.82) is 0 Å². The van der Waals surface area contributed by atoms with Gasteiger partial charge in [-0.15, -0.1) is 0 Å². The molecule has 7 heteroatoms. The monoisotopic (exact) mass is 305 g/mol. The Balaban J connectivity index is 2.57. The summed E-state index contributed by atoms with van der Waals surface area (Å²) in [5, 5.41) is 13.4. The van der Waals surface area contributed by atoms with Crippen molar-refractivity contribution in [3.63, 3.8) is 0 Å². The molecule has 0 spiro atoms. The van der Waals surface area contributed by atoms with Gasteiger partial charge in [0.1, 0.15) is 11.2 Å². The molecule has 118 valence electrons. The number of nitrogens with one attached hydrogen (secondary N) is 1. The summed E-state index contributed by atoms with van der Waals surface area (Å²) in [5.74, 6) is 5.46. The van der Waals surface area contributed by atoms with Crippen LogP contribution in [0.3, 0.4) is 0 Å². The van der Waals surface area contributed by atoms with E-state index in [4.69, 9.17) is 10.5 Å². The molecule has 0 atom stereocenters. The number of nitro groups is 1. The predicted molar refractivity (Wildman–Crippen MR) is 83.2 cm³/mol. The third-order valence-corrected chi connectivity index (χ3v) is 2.36. The van der Waals surface area contributed by atoms with Gasteiger partial charge in [0.15, 0.2) is 0 Å². The Labute approximate surface area is 129 Å². The number of ether oxygens (including phenoxy) is 1. The van der Waals surface area contributed by atoms with E-state index >= 15 is 0 Å². The minimum absolute atomic E-state index is 0.0956. The molecule has 0 aliphatic carbocycles. The van der Waals surface area contributed by atoms with Gasteiger partial charge in [0.25, 0.3) is 5.69 Å². The quantitative estimate of drug-likeness (QED) is 0.293. The zero-order valence-corrected chi connectivity index (χ0v) is 12.8. The molecule has 0 heterocycles. The molecule has 0 aliphatic rings. The SMILES string of the molecule is CC(C)(C)OC(=O)NCCC#Cc1cc(N)ccc1[N+](=O)[O-]. The zero-order chi connectivity index (χ0) is 16.8. The second-order valence-electron chi connectivity index (χ2n) is 5.51. The average Bonchev–Trinajstić information content (AvgIpc) is 2.35. The van der Waals surface area contributed by atoms with E-state index in [0.29, 0.717) is 12.1 Å². The maximum atomic E-state index is 11.4. The molecule has 0 bridgehead atoms. The fourth-order valence-corrected chi connectivity index (χ4v) is 1.51. The number of benzene rings is 1. The molecule has 0 unspecified atom stereocenters. The smallest absolute Gasteiger partial charge is 0.407 e. The Kier molecular flexibility index (Phi) is 5.75. The van der Waals surface area contributed by atoms with Gasteiger partial charge < -0.3 is 15.8 Å². The zero-order valence-electron chi connectivity index (χ0n) is 12.8. The fourth-order valence-electron chi connectivity index (χ4n) is 1.51. The summed E-state index contributed by atoms with van der Waals surface area (Å²) in [5.41, 5.74) is 5.60. The Morgan fingerprint density at radius 3 is 2.73 bits per heavy atom. The van der Waals surface area contributed by atoms with Crippen LogP contribution in [0.5, 0.6) is 0 Å². The highest BCUT2D eigenvalue weighted by Crippen LogP contribution is 2.19. The number of nitro benzene ring substituents is 1. The highest BCUT2D eigenvalue weighted by Gasteiger charge is 2.15. The fraction of sp³-hybridized carbons (Fsp3) is 0.400. The Hall–Kier alpha value is -2.75. The van der Waals surface area contributed by atoms with Crippen molar-refractivity contribution in [2.45, 2.75) is 32.8 Å². The molecular formula is C15H19N3O4. The van der Waals surface area contributed by atoms with Crippen LogP contribution in [-0.2, 0) is 4.74 Å². The molecule has 1 amide bonds. The number of hydrogen-bond donors (Lipinski definition) is 2.